The van der Waals surface area contributed by atoms with Gasteiger partial charge >= 0.3 is 11.9 Å². The lowest BCUT2D eigenvalue weighted by Gasteiger charge is -2.26. The van der Waals surface area contributed by atoms with Crippen molar-refractivity contribution in [1.82, 2.24) is 0 Å². The normalized spacial score (nSPS) is 12.2. The first kappa shape index (κ1) is 42.5. The van der Waals surface area contributed by atoms with Crippen LogP contribution in [-0.2, 0) is 41.7 Å². The molecular weight excluding hydrogens is 829 g/mol. The van der Waals surface area contributed by atoms with Crippen molar-refractivity contribution in [3.05, 3.63) is 205 Å². The molecule has 0 spiro atoms. The molecule has 0 saturated carbocycles. The van der Waals surface area contributed by atoms with E-state index < -0.39 is 9.84 Å². The van der Waals surface area contributed by atoms with Crippen LogP contribution in [0, 0.1) is 0 Å². The van der Waals surface area contributed by atoms with Crippen molar-refractivity contribution in [1.29, 1.82) is 0 Å². The number of rotatable bonds is 14. The quantitative estimate of drug-likeness (QED) is 0.0998. The molecule has 0 saturated heterocycles. The van der Waals surface area contributed by atoms with Crippen LogP contribution in [-0.4, -0.2) is 34.6 Å². The summed E-state index contributed by atoms with van der Waals surface area (Å²) in [5.41, 5.74) is 12.1. The van der Waals surface area contributed by atoms with Gasteiger partial charge in [-0.2, -0.15) is 0 Å². The Morgan fingerprint density at radius 2 is 0.754 bits per heavy atom. The van der Waals surface area contributed by atoms with E-state index in [1.807, 2.05) is 133 Å². The van der Waals surface area contributed by atoms with E-state index in [4.69, 9.17) is 9.47 Å². The SMILES string of the molecule is COC(=O)CCc1ccc(N(c2cccc(-c3ccccc3)c2)c2ccc3c(c2)S(=O)(=O)c2cc(N(c4ccc(CCC(=O)OC)cc4)c4cccc(-c5ccccc5)c4)ccc2-3)cc1. The molecule has 1 aliphatic heterocycles. The predicted molar refractivity (Wildman–Crippen MR) is 258 cm³/mol. The summed E-state index contributed by atoms with van der Waals surface area (Å²) in [5.74, 6) is -0.540. The molecule has 8 aromatic rings. The topological polar surface area (TPSA) is 93.2 Å². The zero-order chi connectivity index (χ0) is 44.9. The minimum absolute atomic E-state index is 0.230. The van der Waals surface area contributed by atoms with Gasteiger partial charge in [-0.15, -0.1) is 0 Å². The third-order valence-corrected chi connectivity index (χ3v) is 13.7. The van der Waals surface area contributed by atoms with Crippen LogP contribution in [0.5, 0.6) is 0 Å². The third-order valence-electron chi connectivity index (χ3n) is 11.8. The Morgan fingerprint density at radius 1 is 0.400 bits per heavy atom. The van der Waals surface area contributed by atoms with Gasteiger partial charge in [0.2, 0.25) is 9.84 Å². The van der Waals surface area contributed by atoms with Crippen molar-refractivity contribution >= 4 is 55.9 Å². The van der Waals surface area contributed by atoms with Crippen LogP contribution in [0.15, 0.2) is 204 Å². The molecular formula is C56H46N2O6S. The smallest absolute Gasteiger partial charge is 0.305 e. The highest BCUT2D eigenvalue weighted by Crippen LogP contribution is 2.49. The van der Waals surface area contributed by atoms with Gasteiger partial charge in [0.1, 0.15) is 0 Å². The van der Waals surface area contributed by atoms with E-state index >= 15 is 0 Å². The maximum absolute atomic E-state index is 14.9. The summed E-state index contributed by atoms with van der Waals surface area (Å²) in [6.45, 7) is 0. The molecule has 0 atom stereocenters. The van der Waals surface area contributed by atoms with E-state index in [0.717, 1.165) is 56.1 Å². The van der Waals surface area contributed by atoms with Crippen molar-refractivity contribution in [2.24, 2.45) is 0 Å². The van der Waals surface area contributed by atoms with Crippen LogP contribution in [0.1, 0.15) is 24.0 Å². The zero-order valence-corrected chi connectivity index (χ0v) is 36.9. The monoisotopic (exact) mass is 874 g/mol. The molecule has 0 amide bonds. The molecule has 8 aromatic carbocycles. The van der Waals surface area contributed by atoms with Crippen LogP contribution in [0.4, 0.5) is 34.1 Å². The third kappa shape index (κ3) is 8.92. The number of anilines is 6. The van der Waals surface area contributed by atoms with E-state index in [1.165, 1.54) is 14.2 Å². The number of carbonyl (C=O) groups is 2. The average molecular weight is 875 g/mol. The lowest BCUT2D eigenvalue weighted by molar-refractivity contribution is -0.141. The Bertz CT molecular complexity index is 2910. The fourth-order valence-corrected chi connectivity index (χ4v) is 10.2. The summed E-state index contributed by atoms with van der Waals surface area (Å²) in [4.78, 5) is 28.4. The lowest BCUT2D eigenvalue weighted by Crippen LogP contribution is -2.11. The highest BCUT2D eigenvalue weighted by atomic mass is 32.2. The minimum Gasteiger partial charge on any atom is -0.469 e. The van der Waals surface area contributed by atoms with Crippen molar-refractivity contribution in [3.63, 3.8) is 0 Å². The van der Waals surface area contributed by atoms with Crippen LogP contribution in [0.2, 0.25) is 0 Å². The number of sulfone groups is 1. The minimum atomic E-state index is -4.00. The molecule has 9 heteroatoms. The maximum Gasteiger partial charge on any atom is 0.305 e. The molecule has 9 rings (SSSR count). The van der Waals surface area contributed by atoms with Crippen molar-refractivity contribution in [2.75, 3.05) is 24.0 Å². The average Bonchev–Trinajstić information content (AvgIpc) is 3.58. The summed E-state index contributed by atoms with van der Waals surface area (Å²) in [6.07, 6.45) is 1.61. The van der Waals surface area contributed by atoms with Crippen molar-refractivity contribution in [3.8, 4) is 33.4 Å². The second kappa shape index (κ2) is 18.5. The molecule has 0 aromatic heterocycles. The van der Waals surface area contributed by atoms with Crippen LogP contribution >= 0.6 is 0 Å². The number of esters is 2. The van der Waals surface area contributed by atoms with Gasteiger partial charge in [0, 0.05) is 58.1 Å². The first-order valence-corrected chi connectivity index (χ1v) is 22.9. The number of fused-ring (bicyclic) bond motifs is 3. The number of nitrogens with zero attached hydrogens (tertiary/aromatic N) is 2. The molecule has 0 fully saturated rings. The van der Waals surface area contributed by atoms with E-state index in [9.17, 15) is 18.0 Å². The number of hydrogen-bond acceptors (Lipinski definition) is 8. The molecule has 0 radical (unpaired) electrons. The first-order valence-electron chi connectivity index (χ1n) is 21.5. The van der Waals surface area contributed by atoms with Crippen LogP contribution < -0.4 is 9.80 Å². The van der Waals surface area contributed by atoms with Gasteiger partial charge < -0.3 is 19.3 Å². The molecule has 0 bridgehead atoms. The maximum atomic E-state index is 14.9. The van der Waals surface area contributed by atoms with Crippen LogP contribution in [0.3, 0.4) is 0 Å². The molecule has 0 aliphatic carbocycles. The second-order valence-corrected chi connectivity index (χ2v) is 17.7. The van der Waals surface area contributed by atoms with Gasteiger partial charge in [-0.25, -0.2) is 8.42 Å². The highest BCUT2D eigenvalue weighted by molar-refractivity contribution is 7.92. The van der Waals surface area contributed by atoms with Gasteiger partial charge in [-0.3, -0.25) is 9.59 Å². The number of aryl methyl sites for hydroxylation is 2. The number of ether oxygens (including phenoxy) is 2. The molecule has 322 valence electrons. The molecule has 8 nitrogen and oxygen atoms in total. The van der Waals surface area contributed by atoms with Gasteiger partial charge in [0.25, 0.3) is 0 Å². The summed E-state index contributed by atoms with van der Waals surface area (Å²) in [7, 11) is -1.22. The Labute approximate surface area is 379 Å². The fraction of sp³-hybridized carbons (Fsp3) is 0.107. The Hall–Kier alpha value is -7.75. The van der Waals surface area contributed by atoms with Gasteiger partial charge in [-0.1, -0.05) is 121 Å². The van der Waals surface area contributed by atoms with Gasteiger partial charge in [-0.05, 0) is 119 Å². The molecule has 1 aliphatic rings. The summed E-state index contributed by atoms with van der Waals surface area (Å²) in [6, 6.07) is 63.9. The van der Waals surface area contributed by atoms with E-state index in [1.54, 1.807) is 12.1 Å². The zero-order valence-electron chi connectivity index (χ0n) is 36.1. The Balaban J connectivity index is 1.11. The number of methoxy groups -OCH3 is 2. The summed E-state index contributed by atoms with van der Waals surface area (Å²) >= 11 is 0. The molecule has 0 N–H and O–H groups in total. The van der Waals surface area contributed by atoms with Crippen molar-refractivity contribution < 1.29 is 27.5 Å². The Kier molecular flexibility index (Phi) is 12.1. The largest absolute Gasteiger partial charge is 0.469 e. The van der Waals surface area contributed by atoms with Gasteiger partial charge in [0.15, 0.2) is 0 Å². The second-order valence-electron chi connectivity index (χ2n) is 15.9. The number of hydrogen-bond donors (Lipinski definition) is 0. The number of carbonyl (C=O) groups excluding carboxylic acids is 2. The van der Waals surface area contributed by atoms with Crippen LogP contribution in [0.25, 0.3) is 33.4 Å². The standard InChI is InChI=1S/C56H46N2O6S/c1-63-55(59)33-23-39-19-25-45(26-20-39)57(47-17-9-15-43(35-47)41-11-5-3-6-12-41)49-29-31-51-52-32-30-50(38-54(52)65(61,62)53(51)37-49)58(46-27-21-40(22-28-46)24-34-56(60)64-2)48-18-10-16-44(36-48)42-13-7-4-8-14-42/h3-22,25-32,35-38H,23-24,33-34H2,1-2H3. The summed E-state index contributed by atoms with van der Waals surface area (Å²) < 4.78 is 39.6. The van der Waals surface area contributed by atoms with E-state index in [-0.39, 0.29) is 34.6 Å². The van der Waals surface area contributed by atoms with Crippen molar-refractivity contribution in [2.45, 2.75) is 35.5 Å². The predicted octanol–water partition coefficient (Wildman–Crippen LogP) is 13.0. The number of benzene rings is 8. The summed E-state index contributed by atoms with van der Waals surface area (Å²) in [5, 5.41) is 0. The van der Waals surface area contributed by atoms with E-state index in [2.05, 4.69) is 58.3 Å². The van der Waals surface area contributed by atoms with Gasteiger partial charge in [0.05, 0.1) is 24.0 Å². The van der Waals surface area contributed by atoms with E-state index in [0.29, 0.717) is 35.3 Å². The first-order chi connectivity index (χ1) is 31.7. The Morgan fingerprint density at radius 3 is 1.14 bits per heavy atom. The fourth-order valence-electron chi connectivity index (χ4n) is 8.43. The molecule has 1 heterocycles. The molecule has 0 unspecified atom stereocenters. The molecule has 65 heavy (non-hydrogen) atoms. The highest BCUT2D eigenvalue weighted by Gasteiger charge is 2.35. The lowest BCUT2D eigenvalue weighted by atomic mass is 10.0.